The first-order valence-corrected chi connectivity index (χ1v) is 7.21. The molecule has 3 heterocycles. The van der Waals surface area contributed by atoms with Crippen LogP contribution >= 0.6 is 11.8 Å². The molecule has 0 bridgehead atoms. The van der Waals surface area contributed by atoms with Crippen molar-refractivity contribution in [3.05, 3.63) is 48.4 Å². The molecule has 1 N–H and O–H groups in total. The standard InChI is InChI=1S/C14H14N4OS/c1-2-12(19)11-7-6-10(9-15-11)20-14-17-16-13-5-3-4-8-18(13)14/h3-9,12,19H,2H2,1H3/t12-/m0/s1. The molecule has 1 atom stereocenters. The highest BCUT2D eigenvalue weighted by atomic mass is 32.2. The quantitative estimate of drug-likeness (QED) is 0.799. The van der Waals surface area contributed by atoms with Crippen molar-refractivity contribution in [2.24, 2.45) is 0 Å². The molecule has 0 saturated heterocycles. The second-order valence-electron chi connectivity index (χ2n) is 4.36. The van der Waals surface area contributed by atoms with Gasteiger partial charge in [-0.15, -0.1) is 10.2 Å². The van der Waals surface area contributed by atoms with Crippen LogP contribution in [0.15, 0.2) is 52.8 Å². The minimum Gasteiger partial charge on any atom is -0.387 e. The summed E-state index contributed by atoms with van der Waals surface area (Å²) in [6, 6.07) is 9.58. The van der Waals surface area contributed by atoms with E-state index in [1.807, 2.05) is 47.9 Å². The summed E-state index contributed by atoms with van der Waals surface area (Å²) < 4.78 is 1.93. The maximum absolute atomic E-state index is 9.72. The van der Waals surface area contributed by atoms with Crippen molar-refractivity contribution < 1.29 is 5.11 Å². The molecule has 0 aliphatic rings. The molecular weight excluding hydrogens is 272 g/mol. The third-order valence-electron chi connectivity index (χ3n) is 2.98. The number of fused-ring (bicyclic) bond motifs is 1. The lowest BCUT2D eigenvalue weighted by Crippen LogP contribution is -1.98. The van der Waals surface area contributed by atoms with E-state index in [1.54, 1.807) is 6.20 Å². The molecular formula is C14H14N4OS. The van der Waals surface area contributed by atoms with Crippen molar-refractivity contribution in [1.82, 2.24) is 19.6 Å². The van der Waals surface area contributed by atoms with Crippen LogP contribution in [-0.4, -0.2) is 24.7 Å². The normalized spacial score (nSPS) is 12.7. The van der Waals surface area contributed by atoms with Gasteiger partial charge in [-0.25, -0.2) is 0 Å². The van der Waals surface area contributed by atoms with Crippen LogP contribution in [0.1, 0.15) is 25.1 Å². The molecule has 0 amide bonds. The summed E-state index contributed by atoms with van der Waals surface area (Å²) in [7, 11) is 0. The molecule has 0 radical (unpaired) electrons. The SMILES string of the molecule is CC[C@H](O)c1ccc(Sc2nnc3ccccn23)cn1. The molecule has 0 saturated carbocycles. The number of nitrogens with zero attached hydrogens (tertiary/aromatic N) is 4. The summed E-state index contributed by atoms with van der Waals surface area (Å²) in [4.78, 5) is 5.25. The molecule has 20 heavy (non-hydrogen) atoms. The van der Waals surface area contributed by atoms with Crippen LogP contribution in [0.4, 0.5) is 0 Å². The number of aliphatic hydroxyl groups is 1. The van der Waals surface area contributed by atoms with E-state index in [1.165, 1.54) is 11.8 Å². The van der Waals surface area contributed by atoms with Crippen molar-refractivity contribution in [1.29, 1.82) is 0 Å². The van der Waals surface area contributed by atoms with Crippen LogP contribution in [0.2, 0.25) is 0 Å². The first-order chi connectivity index (χ1) is 9.78. The number of hydrogen-bond acceptors (Lipinski definition) is 5. The van der Waals surface area contributed by atoms with Crippen LogP contribution < -0.4 is 0 Å². The lowest BCUT2D eigenvalue weighted by molar-refractivity contribution is 0.169. The van der Waals surface area contributed by atoms with Crippen molar-refractivity contribution >= 4 is 17.4 Å². The minimum atomic E-state index is -0.497. The molecule has 102 valence electrons. The fourth-order valence-corrected chi connectivity index (χ4v) is 2.64. The number of hydrogen-bond donors (Lipinski definition) is 1. The number of aromatic nitrogens is 4. The van der Waals surface area contributed by atoms with Crippen molar-refractivity contribution in [3.63, 3.8) is 0 Å². The summed E-state index contributed by atoms with van der Waals surface area (Å²) in [5.41, 5.74) is 1.52. The zero-order valence-corrected chi connectivity index (χ0v) is 11.8. The highest BCUT2D eigenvalue weighted by molar-refractivity contribution is 7.99. The first kappa shape index (κ1) is 13.1. The first-order valence-electron chi connectivity index (χ1n) is 6.39. The van der Waals surface area contributed by atoms with Crippen LogP contribution in [0.5, 0.6) is 0 Å². The Morgan fingerprint density at radius 2 is 2.15 bits per heavy atom. The van der Waals surface area contributed by atoms with Crippen molar-refractivity contribution in [2.75, 3.05) is 0 Å². The van der Waals surface area contributed by atoms with Gasteiger partial charge in [-0.3, -0.25) is 9.38 Å². The Morgan fingerprint density at radius 1 is 1.25 bits per heavy atom. The van der Waals surface area contributed by atoms with Crippen LogP contribution in [0.25, 0.3) is 5.65 Å². The van der Waals surface area contributed by atoms with Gasteiger partial charge in [0.1, 0.15) is 0 Å². The zero-order chi connectivity index (χ0) is 13.9. The molecule has 0 unspecified atom stereocenters. The smallest absolute Gasteiger partial charge is 0.200 e. The van der Waals surface area contributed by atoms with E-state index in [0.29, 0.717) is 12.1 Å². The Labute approximate surface area is 120 Å². The number of rotatable bonds is 4. The van der Waals surface area contributed by atoms with Gasteiger partial charge in [-0.2, -0.15) is 0 Å². The minimum absolute atomic E-state index is 0.497. The fraction of sp³-hybridized carbons (Fsp3) is 0.214. The summed E-state index contributed by atoms with van der Waals surface area (Å²) in [6.07, 6.45) is 3.85. The maximum atomic E-state index is 9.72. The topological polar surface area (TPSA) is 63.3 Å². The predicted molar refractivity (Wildman–Crippen MR) is 76.6 cm³/mol. The molecule has 0 fully saturated rings. The molecule has 3 aromatic heterocycles. The largest absolute Gasteiger partial charge is 0.387 e. The Morgan fingerprint density at radius 3 is 2.90 bits per heavy atom. The van der Waals surface area contributed by atoms with E-state index in [2.05, 4.69) is 15.2 Å². The molecule has 0 spiro atoms. The molecule has 3 aromatic rings. The molecule has 0 aliphatic heterocycles. The Bertz CT molecular complexity index is 711. The van der Waals surface area contributed by atoms with E-state index in [-0.39, 0.29) is 0 Å². The highest BCUT2D eigenvalue weighted by Crippen LogP contribution is 2.26. The lowest BCUT2D eigenvalue weighted by atomic mass is 10.2. The average molecular weight is 286 g/mol. The van der Waals surface area contributed by atoms with Gasteiger partial charge in [0.25, 0.3) is 0 Å². The van der Waals surface area contributed by atoms with E-state index in [4.69, 9.17) is 0 Å². The zero-order valence-electron chi connectivity index (χ0n) is 11.0. The summed E-state index contributed by atoms with van der Waals surface area (Å²) in [6.45, 7) is 1.93. The summed E-state index contributed by atoms with van der Waals surface area (Å²) in [5, 5.41) is 18.8. The van der Waals surface area contributed by atoms with Crippen molar-refractivity contribution in [3.8, 4) is 0 Å². The molecule has 5 nitrogen and oxygen atoms in total. The second kappa shape index (κ2) is 5.60. The van der Waals surface area contributed by atoms with Gasteiger partial charge in [0, 0.05) is 17.3 Å². The fourth-order valence-electron chi connectivity index (χ4n) is 1.85. The van der Waals surface area contributed by atoms with E-state index >= 15 is 0 Å². The van der Waals surface area contributed by atoms with Gasteiger partial charge >= 0.3 is 0 Å². The number of pyridine rings is 2. The van der Waals surface area contributed by atoms with Crippen LogP contribution in [0, 0.1) is 0 Å². The monoisotopic (exact) mass is 286 g/mol. The highest BCUT2D eigenvalue weighted by Gasteiger charge is 2.09. The predicted octanol–water partition coefficient (Wildman–Crippen LogP) is 2.72. The van der Waals surface area contributed by atoms with Gasteiger partial charge in [-0.1, -0.05) is 13.0 Å². The number of aliphatic hydroxyl groups excluding tert-OH is 1. The van der Waals surface area contributed by atoms with Gasteiger partial charge in [0.2, 0.25) is 0 Å². The van der Waals surface area contributed by atoms with Crippen LogP contribution in [-0.2, 0) is 0 Å². The molecule has 0 aromatic carbocycles. The Kier molecular flexibility index (Phi) is 3.66. The van der Waals surface area contributed by atoms with E-state index in [0.717, 1.165) is 15.7 Å². The Balaban J connectivity index is 1.84. The van der Waals surface area contributed by atoms with Gasteiger partial charge in [-0.05, 0) is 42.4 Å². The van der Waals surface area contributed by atoms with Gasteiger partial charge < -0.3 is 5.11 Å². The second-order valence-corrected chi connectivity index (χ2v) is 5.40. The third-order valence-corrected chi connectivity index (χ3v) is 3.92. The van der Waals surface area contributed by atoms with Crippen molar-refractivity contribution in [2.45, 2.75) is 29.5 Å². The van der Waals surface area contributed by atoms with Gasteiger partial charge in [0.15, 0.2) is 10.8 Å². The average Bonchev–Trinajstić information content (AvgIpc) is 2.91. The maximum Gasteiger partial charge on any atom is 0.200 e. The lowest BCUT2D eigenvalue weighted by Gasteiger charge is -2.07. The Hall–Kier alpha value is -1.92. The van der Waals surface area contributed by atoms with E-state index in [9.17, 15) is 5.11 Å². The summed E-state index contributed by atoms with van der Waals surface area (Å²) >= 11 is 1.50. The summed E-state index contributed by atoms with van der Waals surface area (Å²) in [5.74, 6) is 0. The third kappa shape index (κ3) is 2.52. The van der Waals surface area contributed by atoms with E-state index < -0.39 is 6.10 Å². The van der Waals surface area contributed by atoms with Gasteiger partial charge in [0.05, 0.1) is 11.8 Å². The van der Waals surface area contributed by atoms with Crippen LogP contribution in [0.3, 0.4) is 0 Å². The molecule has 6 heteroatoms. The molecule has 3 rings (SSSR count). The molecule has 0 aliphatic carbocycles.